The van der Waals surface area contributed by atoms with Gasteiger partial charge in [-0.2, -0.15) is 5.26 Å². The van der Waals surface area contributed by atoms with Crippen molar-refractivity contribution in [3.63, 3.8) is 0 Å². The van der Waals surface area contributed by atoms with Crippen molar-refractivity contribution in [2.45, 2.75) is 26.4 Å². The van der Waals surface area contributed by atoms with Crippen LogP contribution in [-0.4, -0.2) is 36.5 Å². The van der Waals surface area contributed by atoms with Crippen LogP contribution in [0.5, 0.6) is 0 Å². The zero-order valence-electron chi connectivity index (χ0n) is 13.4. The van der Waals surface area contributed by atoms with Gasteiger partial charge in [-0.15, -0.1) is 0 Å². The molecule has 1 aromatic rings. The summed E-state index contributed by atoms with van der Waals surface area (Å²) in [5.41, 5.74) is 1.95. The molecule has 6 heteroatoms. The lowest BCUT2D eigenvalue weighted by Gasteiger charge is -2.19. The fourth-order valence-corrected chi connectivity index (χ4v) is 2.45. The number of nitrogens with zero attached hydrogens (tertiary/aromatic N) is 2. The first-order valence-electron chi connectivity index (χ1n) is 7.12. The Labute approximate surface area is 144 Å². The van der Waals surface area contributed by atoms with E-state index in [9.17, 15) is 9.59 Å². The quantitative estimate of drug-likeness (QED) is 0.563. The first kappa shape index (κ1) is 18.9. The summed E-state index contributed by atoms with van der Waals surface area (Å²) < 4.78 is 5.96. The van der Waals surface area contributed by atoms with E-state index < -0.39 is 12.1 Å². The van der Waals surface area contributed by atoms with Gasteiger partial charge in [0.05, 0.1) is 12.5 Å². The normalized spacial score (nSPS) is 11.8. The van der Waals surface area contributed by atoms with Crippen molar-refractivity contribution in [2.24, 2.45) is 0 Å². The fourth-order valence-electron chi connectivity index (χ4n) is 1.83. The van der Waals surface area contributed by atoms with Crippen LogP contribution >= 0.6 is 15.9 Å². The van der Waals surface area contributed by atoms with Gasteiger partial charge in [0.15, 0.2) is 6.10 Å². The second-order valence-electron chi connectivity index (χ2n) is 5.11. The smallest absolute Gasteiger partial charge is 0.331 e. The Hall–Kier alpha value is -2.13. The van der Waals surface area contributed by atoms with Crippen molar-refractivity contribution in [1.82, 2.24) is 4.90 Å². The lowest BCUT2D eigenvalue weighted by molar-refractivity contribution is -0.154. The number of ether oxygens (including phenoxy) is 1. The van der Waals surface area contributed by atoms with Gasteiger partial charge in [0, 0.05) is 24.1 Å². The van der Waals surface area contributed by atoms with Crippen molar-refractivity contribution < 1.29 is 14.3 Å². The Kier molecular flexibility index (Phi) is 7.49. The molecule has 1 aromatic carbocycles. The monoisotopic (exact) mass is 378 g/mol. The number of hydrogen-bond acceptors (Lipinski definition) is 4. The van der Waals surface area contributed by atoms with Crippen molar-refractivity contribution >= 4 is 33.9 Å². The average molecular weight is 379 g/mol. The molecule has 1 amide bonds. The highest BCUT2D eigenvalue weighted by Crippen LogP contribution is 2.19. The molecule has 0 bridgehead atoms. The van der Waals surface area contributed by atoms with Crippen LogP contribution in [0, 0.1) is 18.3 Å². The summed E-state index contributed by atoms with van der Waals surface area (Å²) in [7, 11) is 1.57. The summed E-state index contributed by atoms with van der Waals surface area (Å²) in [6.07, 6.45) is 2.26. The maximum absolute atomic E-state index is 12.0. The van der Waals surface area contributed by atoms with E-state index in [1.807, 2.05) is 31.2 Å². The van der Waals surface area contributed by atoms with E-state index >= 15 is 0 Å². The van der Waals surface area contributed by atoms with Gasteiger partial charge in [0.2, 0.25) is 0 Å². The molecule has 0 N–H and O–H groups in total. The van der Waals surface area contributed by atoms with Crippen molar-refractivity contribution in [2.75, 3.05) is 13.6 Å². The largest absolute Gasteiger partial charge is 0.449 e. The average Bonchev–Trinajstić information content (AvgIpc) is 2.50. The van der Waals surface area contributed by atoms with E-state index in [1.165, 1.54) is 17.9 Å². The first-order valence-corrected chi connectivity index (χ1v) is 7.91. The highest BCUT2D eigenvalue weighted by Gasteiger charge is 2.20. The predicted octanol–water partition coefficient (Wildman–Crippen LogP) is 3.07. The SMILES string of the molecule is Cc1ccc(/C=C/C(=O)O[C@H](C)C(=O)N(C)CCC#N)c(Br)c1. The van der Waals surface area contributed by atoms with Crippen LogP contribution in [0.3, 0.4) is 0 Å². The predicted molar refractivity (Wildman–Crippen MR) is 91.3 cm³/mol. The molecular weight excluding hydrogens is 360 g/mol. The number of halogens is 1. The van der Waals surface area contributed by atoms with Gasteiger partial charge >= 0.3 is 5.97 Å². The molecule has 0 fully saturated rings. The van der Waals surface area contributed by atoms with Crippen LogP contribution in [0.4, 0.5) is 0 Å². The Bertz CT molecular complexity index is 650. The number of carbonyl (C=O) groups is 2. The fraction of sp³-hybridized carbons (Fsp3) is 0.353. The van der Waals surface area contributed by atoms with Crippen LogP contribution < -0.4 is 0 Å². The minimum Gasteiger partial charge on any atom is -0.449 e. The molecule has 122 valence electrons. The Morgan fingerprint density at radius 2 is 2.17 bits per heavy atom. The molecule has 0 unspecified atom stereocenters. The second kappa shape index (κ2) is 9.11. The number of esters is 1. The summed E-state index contributed by atoms with van der Waals surface area (Å²) in [4.78, 5) is 25.1. The van der Waals surface area contributed by atoms with Crippen LogP contribution in [0.2, 0.25) is 0 Å². The first-order chi connectivity index (χ1) is 10.8. The third-order valence-corrected chi connectivity index (χ3v) is 3.82. The summed E-state index contributed by atoms with van der Waals surface area (Å²) in [6, 6.07) is 7.73. The van der Waals surface area contributed by atoms with Crippen LogP contribution in [0.1, 0.15) is 24.5 Å². The highest BCUT2D eigenvalue weighted by atomic mass is 79.9. The molecular formula is C17H19BrN2O3. The van der Waals surface area contributed by atoms with Crippen LogP contribution in [-0.2, 0) is 14.3 Å². The van der Waals surface area contributed by atoms with E-state index in [0.29, 0.717) is 6.54 Å². The lowest BCUT2D eigenvalue weighted by Crippen LogP contribution is -2.37. The molecule has 0 aliphatic carbocycles. The summed E-state index contributed by atoms with van der Waals surface area (Å²) in [5.74, 6) is -0.925. The molecule has 0 heterocycles. The highest BCUT2D eigenvalue weighted by molar-refractivity contribution is 9.10. The van der Waals surface area contributed by atoms with E-state index in [0.717, 1.165) is 15.6 Å². The molecule has 0 spiro atoms. The Balaban J connectivity index is 2.60. The van der Waals surface area contributed by atoms with E-state index in [-0.39, 0.29) is 12.3 Å². The molecule has 0 radical (unpaired) electrons. The Morgan fingerprint density at radius 1 is 1.48 bits per heavy atom. The van der Waals surface area contributed by atoms with Crippen molar-refractivity contribution in [3.05, 3.63) is 39.9 Å². The summed E-state index contributed by atoms with van der Waals surface area (Å²) in [5, 5.41) is 8.51. The molecule has 0 saturated heterocycles. The van der Waals surface area contributed by atoms with Crippen molar-refractivity contribution in [1.29, 1.82) is 5.26 Å². The molecule has 5 nitrogen and oxygen atoms in total. The number of amides is 1. The Morgan fingerprint density at radius 3 is 2.78 bits per heavy atom. The number of carbonyl (C=O) groups excluding carboxylic acids is 2. The molecule has 23 heavy (non-hydrogen) atoms. The molecule has 0 aliphatic heterocycles. The standard InChI is InChI=1S/C17H19BrN2O3/c1-12-5-6-14(15(18)11-12)7-8-16(21)23-13(2)17(22)20(3)10-4-9-19/h5-8,11,13H,4,10H2,1-3H3/b8-7+/t13-/m1/s1. The number of benzene rings is 1. The summed E-state index contributed by atoms with van der Waals surface area (Å²) >= 11 is 3.42. The molecule has 1 atom stereocenters. The van der Waals surface area contributed by atoms with Gasteiger partial charge in [-0.1, -0.05) is 28.1 Å². The van der Waals surface area contributed by atoms with Gasteiger partial charge in [0.25, 0.3) is 5.91 Å². The zero-order valence-corrected chi connectivity index (χ0v) is 15.0. The number of hydrogen-bond donors (Lipinski definition) is 0. The summed E-state index contributed by atoms with van der Waals surface area (Å²) in [6.45, 7) is 3.80. The van der Waals surface area contributed by atoms with Gasteiger partial charge in [-0.25, -0.2) is 4.79 Å². The molecule has 0 saturated carbocycles. The number of likely N-dealkylation sites (N-methyl/N-ethyl adjacent to an activating group) is 1. The molecule has 0 aromatic heterocycles. The topological polar surface area (TPSA) is 70.4 Å². The maximum atomic E-state index is 12.0. The number of rotatable bonds is 6. The second-order valence-corrected chi connectivity index (χ2v) is 5.96. The van der Waals surface area contributed by atoms with Gasteiger partial charge in [-0.3, -0.25) is 4.79 Å². The lowest BCUT2D eigenvalue weighted by atomic mass is 10.1. The minimum atomic E-state index is -0.891. The molecule has 1 rings (SSSR count). The zero-order chi connectivity index (χ0) is 17.4. The minimum absolute atomic E-state index is 0.240. The number of aryl methyl sites for hydroxylation is 1. The van der Waals surface area contributed by atoms with Gasteiger partial charge in [-0.05, 0) is 37.1 Å². The van der Waals surface area contributed by atoms with Crippen molar-refractivity contribution in [3.8, 4) is 6.07 Å². The van der Waals surface area contributed by atoms with E-state index in [2.05, 4.69) is 15.9 Å². The third kappa shape index (κ3) is 6.25. The van der Waals surface area contributed by atoms with E-state index in [4.69, 9.17) is 10.00 Å². The molecule has 0 aliphatic rings. The van der Waals surface area contributed by atoms with Crippen LogP contribution in [0.25, 0.3) is 6.08 Å². The maximum Gasteiger partial charge on any atom is 0.331 e. The van der Waals surface area contributed by atoms with E-state index in [1.54, 1.807) is 13.1 Å². The van der Waals surface area contributed by atoms with Gasteiger partial charge in [0.1, 0.15) is 0 Å². The third-order valence-electron chi connectivity index (χ3n) is 3.13. The number of nitriles is 1. The van der Waals surface area contributed by atoms with Crippen LogP contribution in [0.15, 0.2) is 28.7 Å². The van der Waals surface area contributed by atoms with Gasteiger partial charge < -0.3 is 9.64 Å².